The number of hydrogen-bond donors (Lipinski definition) is 1. The second-order valence-electron chi connectivity index (χ2n) is 6.89. The molecular formula is C23H20ClN3O4S. The lowest BCUT2D eigenvalue weighted by Crippen LogP contribution is -2.32. The zero-order valence-corrected chi connectivity index (χ0v) is 19.0. The molecule has 7 nitrogen and oxygen atoms in total. The van der Waals surface area contributed by atoms with Crippen LogP contribution in [0.1, 0.15) is 15.9 Å². The Labute approximate surface area is 193 Å². The molecule has 2 aromatic heterocycles. The summed E-state index contributed by atoms with van der Waals surface area (Å²) in [6.45, 7) is 0.345. The largest absolute Gasteiger partial charge is 0.493 e. The quantitative estimate of drug-likeness (QED) is 0.441. The predicted octanol–water partition coefficient (Wildman–Crippen LogP) is 4.07. The second-order valence-corrected chi connectivity index (χ2v) is 8.13. The highest BCUT2D eigenvalue weighted by atomic mass is 35.5. The average molecular weight is 470 g/mol. The van der Waals surface area contributed by atoms with Crippen molar-refractivity contribution in [1.29, 1.82) is 0 Å². The molecule has 1 N–H and O–H groups in total. The van der Waals surface area contributed by atoms with E-state index < -0.39 is 11.5 Å². The summed E-state index contributed by atoms with van der Waals surface area (Å²) in [6, 6.07) is 12.8. The maximum absolute atomic E-state index is 13.1. The van der Waals surface area contributed by atoms with Crippen molar-refractivity contribution in [3.05, 3.63) is 80.5 Å². The summed E-state index contributed by atoms with van der Waals surface area (Å²) < 4.78 is 12.0. The number of fused-ring (bicyclic) bond motifs is 1. The number of hydrogen-bond acceptors (Lipinski definition) is 6. The number of rotatable bonds is 7. The van der Waals surface area contributed by atoms with E-state index in [9.17, 15) is 9.59 Å². The maximum Gasteiger partial charge on any atom is 0.271 e. The molecule has 0 radical (unpaired) electrons. The first-order chi connectivity index (χ1) is 15.5. The molecular weight excluding hydrogens is 450 g/mol. The van der Waals surface area contributed by atoms with Crippen molar-refractivity contribution in [2.45, 2.75) is 6.42 Å². The Kier molecular flexibility index (Phi) is 6.43. The first kappa shape index (κ1) is 21.9. The van der Waals surface area contributed by atoms with Crippen LogP contribution in [0, 0.1) is 0 Å². The highest BCUT2D eigenvalue weighted by molar-refractivity contribution is 7.15. The molecule has 0 aliphatic carbocycles. The molecule has 0 fully saturated rings. The molecule has 1 amide bonds. The smallest absolute Gasteiger partial charge is 0.271 e. The fourth-order valence-corrected chi connectivity index (χ4v) is 4.44. The van der Waals surface area contributed by atoms with Crippen molar-refractivity contribution < 1.29 is 14.3 Å². The summed E-state index contributed by atoms with van der Waals surface area (Å²) in [5.41, 5.74) is 1.81. The van der Waals surface area contributed by atoms with Crippen molar-refractivity contribution in [2.75, 3.05) is 20.8 Å². The van der Waals surface area contributed by atoms with Crippen molar-refractivity contribution in [3.63, 3.8) is 0 Å². The maximum atomic E-state index is 13.1. The third-order valence-electron chi connectivity index (χ3n) is 4.99. The van der Waals surface area contributed by atoms with Gasteiger partial charge in [-0.3, -0.25) is 14.0 Å². The van der Waals surface area contributed by atoms with Gasteiger partial charge in [0.1, 0.15) is 5.56 Å². The molecule has 9 heteroatoms. The molecule has 32 heavy (non-hydrogen) atoms. The first-order valence-corrected chi connectivity index (χ1v) is 11.0. The van der Waals surface area contributed by atoms with Crippen LogP contribution in [0.3, 0.4) is 0 Å². The highest BCUT2D eigenvalue weighted by Gasteiger charge is 2.18. The van der Waals surface area contributed by atoms with Gasteiger partial charge in [-0.2, -0.15) is 0 Å². The minimum Gasteiger partial charge on any atom is -0.493 e. The number of thiazole rings is 1. The van der Waals surface area contributed by atoms with Gasteiger partial charge >= 0.3 is 0 Å². The number of aromatic nitrogens is 2. The fourth-order valence-electron chi connectivity index (χ4n) is 3.36. The summed E-state index contributed by atoms with van der Waals surface area (Å²) in [6.07, 6.45) is 1.88. The van der Waals surface area contributed by atoms with E-state index >= 15 is 0 Å². The van der Waals surface area contributed by atoms with Gasteiger partial charge < -0.3 is 14.8 Å². The lowest BCUT2D eigenvalue weighted by molar-refractivity contribution is 0.0952. The number of benzene rings is 2. The Bertz CT molecular complexity index is 1350. The van der Waals surface area contributed by atoms with E-state index in [0.29, 0.717) is 45.7 Å². The Morgan fingerprint density at radius 1 is 1.16 bits per heavy atom. The highest BCUT2D eigenvalue weighted by Crippen LogP contribution is 2.30. The minimum absolute atomic E-state index is 0.0264. The van der Waals surface area contributed by atoms with Crippen LogP contribution >= 0.6 is 22.9 Å². The number of nitrogens with one attached hydrogen (secondary N) is 1. The van der Waals surface area contributed by atoms with Crippen molar-refractivity contribution >= 4 is 33.8 Å². The van der Waals surface area contributed by atoms with Crippen LogP contribution in [0.2, 0.25) is 5.02 Å². The minimum atomic E-state index is -0.478. The molecule has 2 heterocycles. The van der Waals surface area contributed by atoms with Crippen LogP contribution < -0.4 is 20.3 Å². The van der Waals surface area contributed by atoms with Gasteiger partial charge in [-0.25, -0.2) is 4.98 Å². The Balaban J connectivity index is 1.54. The normalized spacial score (nSPS) is 10.8. The predicted molar refractivity (Wildman–Crippen MR) is 125 cm³/mol. The molecule has 0 aliphatic heterocycles. The van der Waals surface area contributed by atoms with E-state index in [1.807, 2.05) is 41.8 Å². The number of halogens is 1. The molecule has 164 valence electrons. The van der Waals surface area contributed by atoms with Gasteiger partial charge in [0, 0.05) is 28.7 Å². The van der Waals surface area contributed by atoms with Gasteiger partial charge in [0.05, 0.1) is 19.9 Å². The van der Waals surface area contributed by atoms with Crippen molar-refractivity contribution in [3.8, 4) is 22.8 Å². The Hall–Kier alpha value is -3.36. The van der Waals surface area contributed by atoms with E-state index in [4.69, 9.17) is 21.1 Å². The summed E-state index contributed by atoms with van der Waals surface area (Å²) in [5, 5.41) is 5.12. The van der Waals surface area contributed by atoms with Gasteiger partial charge in [-0.05, 0) is 30.2 Å². The standard InChI is InChI=1S/C23H20ClN3O4S/c1-30-19-8-7-14(11-20(19)31-2)9-10-25-21(28)16-12-26-23-27(22(16)29)18(13-32-23)15-5-3-4-6-17(15)24/h3-8,11-13H,9-10H2,1-2H3,(H,25,28). The van der Waals surface area contributed by atoms with Crippen molar-refractivity contribution in [1.82, 2.24) is 14.7 Å². The lowest BCUT2D eigenvalue weighted by Gasteiger charge is -2.10. The fraction of sp³-hybridized carbons (Fsp3) is 0.174. The van der Waals surface area contributed by atoms with Crippen LogP contribution in [0.15, 0.2) is 58.8 Å². The number of nitrogens with zero attached hydrogens (tertiary/aromatic N) is 2. The van der Waals surface area contributed by atoms with E-state index in [-0.39, 0.29) is 5.56 Å². The third-order valence-corrected chi connectivity index (χ3v) is 6.16. The molecule has 2 aromatic carbocycles. The summed E-state index contributed by atoms with van der Waals surface area (Å²) in [5.74, 6) is 0.778. The Morgan fingerprint density at radius 2 is 1.94 bits per heavy atom. The molecule has 0 saturated carbocycles. The van der Waals surface area contributed by atoms with Gasteiger partial charge in [-0.15, -0.1) is 11.3 Å². The van der Waals surface area contributed by atoms with E-state index in [1.54, 1.807) is 20.3 Å². The topological polar surface area (TPSA) is 81.9 Å². The van der Waals surface area contributed by atoms with Gasteiger partial charge in [0.15, 0.2) is 16.5 Å². The zero-order chi connectivity index (χ0) is 22.7. The summed E-state index contributed by atoms with van der Waals surface area (Å²) in [4.78, 5) is 30.6. The molecule has 0 atom stereocenters. The average Bonchev–Trinajstić information content (AvgIpc) is 3.24. The van der Waals surface area contributed by atoms with E-state index in [0.717, 1.165) is 5.56 Å². The second kappa shape index (κ2) is 9.42. The molecule has 0 unspecified atom stereocenters. The van der Waals surface area contributed by atoms with Crippen molar-refractivity contribution in [2.24, 2.45) is 0 Å². The van der Waals surface area contributed by atoms with Gasteiger partial charge in [0.25, 0.3) is 11.5 Å². The SMILES string of the molecule is COc1ccc(CCNC(=O)c2cnc3scc(-c4ccccc4Cl)n3c2=O)cc1OC. The number of methoxy groups -OCH3 is 2. The summed E-state index contributed by atoms with van der Waals surface area (Å²) in [7, 11) is 3.15. The molecule has 4 aromatic rings. The Morgan fingerprint density at radius 3 is 2.69 bits per heavy atom. The number of ether oxygens (including phenoxy) is 2. The molecule has 0 saturated heterocycles. The van der Waals surface area contributed by atoms with Gasteiger partial charge in [-0.1, -0.05) is 35.9 Å². The number of carbonyl (C=O) groups excluding carboxylic acids is 1. The summed E-state index contributed by atoms with van der Waals surface area (Å²) >= 11 is 7.62. The van der Waals surface area contributed by atoms with Crippen LogP contribution in [0.5, 0.6) is 11.5 Å². The molecule has 0 bridgehead atoms. The monoisotopic (exact) mass is 469 g/mol. The number of amides is 1. The molecule has 4 rings (SSSR count). The molecule has 0 spiro atoms. The van der Waals surface area contributed by atoms with Crippen LogP contribution in [0.4, 0.5) is 0 Å². The first-order valence-electron chi connectivity index (χ1n) is 9.76. The zero-order valence-electron chi connectivity index (χ0n) is 17.4. The van der Waals surface area contributed by atoms with Crippen LogP contribution in [-0.2, 0) is 6.42 Å². The van der Waals surface area contributed by atoms with E-state index in [2.05, 4.69) is 10.3 Å². The van der Waals surface area contributed by atoms with Gasteiger partial charge in [0.2, 0.25) is 0 Å². The number of carbonyl (C=O) groups is 1. The third kappa shape index (κ3) is 4.19. The van der Waals surface area contributed by atoms with Crippen LogP contribution in [-0.4, -0.2) is 36.1 Å². The lowest BCUT2D eigenvalue weighted by atomic mass is 10.1. The molecule has 0 aliphatic rings. The van der Waals surface area contributed by atoms with Crippen LogP contribution in [0.25, 0.3) is 16.2 Å². The van der Waals surface area contributed by atoms with E-state index in [1.165, 1.54) is 21.9 Å².